The van der Waals surface area contributed by atoms with Crippen molar-refractivity contribution < 1.29 is 20.8 Å². The summed E-state index contributed by atoms with van der Waals surface area (Å²) in [4.78, 5) is 0. The van der Waals surface area contributed by atoms with Crippen LogP contribution in [0, 0.1) is 25.7 Å². The Hall–Kier alpha value is 0.0331. The van der Waals surface area contributed by atoms with Crippen molar-refractivity contribution in [3.63, 3.8) is 0 Å². The minimum atomic E-state index is -0.826. The van der Waals surface area contributed by atoms with Crippen LogP contribution in [0.2, 0.25) is 0 Å². The van der Waals surface area contributed by atoms with Gasteiger partial charge in [-0.3, -0.25) is 0 Å². The number of rotatable bonds is 2. The van der Waals surface area contributed by atoms with Gasteiger partial charge in [-0.2, -0.15) is 12.5 Å². The normalized spacial score (nSPS) is 22.0. The van der Waals surface area contributed by atoms with Crippen LogP contribution in [0.1, 0.15) is 62.3 Å². The summed E-state index contributed by atoms with van der Waals surface area (Å²) >= 11 is -0.826. The van der Waals surface area contributed by atoms with Gasteiger partial charge in [0.15, 0.2) is 0 Å². The molecule has 0 saturated heterocycles. The second-order valence-electron chi connectivity index (χ2n) is 6.83. The fourth-order valence-electron chi connectivity index (χ4n) is 3.96. The van der Waals surface area contributed by atoms with Gasteiger partial charge in [0.1, 0.15) is 0 Å². The van der Waals surface area contributed by atoms with E-state index >= 15 is 0 Å². The summed E-state index contributed by atoms with van der Waals surface area (Å²) in [6.07, 6.45) is 2.09. The third-order valence-corrected chi connectivity index (χ3v) is 6.07. The van der Waals surface area contributed by atoms with E-state index in [1.54, 1.807) is 6.92 Å². The van der Waals surface area contributed by atoms with Crippen molar-refractivity contribution >= 4 is 17.0 Å². The molecule has 0 saturated carbocycles. The van der Waals surface area contributed by atoms with Crippen LogP contribution >= 0.6 is 17.0 Å². The van der Waals surface area contributed by atoms with Gasteiger partial charge < -0.3 is 6.92 Å². The summed E-state index contributed by atoms with van der Waals surface area (Å²) in [6, 6.07) is 0. The topological polar surface area (TPSA) is 0 Å². The maximum atomic E-state index is 4.93. The summed E-state index contributed by atoms with van der Waals surface area (Å²) in [5, 5.41) is 0. The molecule has 0 radical (unpaired) electrons. The van der Waals surface area contributed by atoms with Gasteiger partial charge in [0.2, 0.25) is 0 Å². The molecule has 0 bridgehead atoms. The fourth-order valence-corrected chi connectivity index (χ4v) is 3.96. The van der Waals surface area contributed by atoms with Crippen LogP contribution in [0.25, 0.3) is 0 Å². The van der Waals surface area contributed by atoms with E-state index in [0.29, 0.717) is 11.8 Å². The van der Waals surface area contributed by atoms with Gasteiger partial charge in [0, 0.05) is 0 Å². The second kappa shape index (κ2) is 11.8. The van der Waals surface area contributed by atoms with E-state index in [4.69, 9.17) is 17.0 Å². The molecule has 0 heterocycles. The van der Waals surface area contributed by atoms with E-state index in [1.807, 2.05) is 0 Å². The van der Waals surface area contributed by atoms with E-state index in [2.05, 4.69) is 75.3 Å². The van der Waals surface area contributed by atoms with Gasteiger partial charge in [-0.15, -0.1) is 11.1 Å². The number of allylic oxidation sites excluding steroid dienone is 10. The molecule has 2 rings (SSSR count). The van der Waals surface area contributed by atoms with Crippen LogP contribution in [0.4, 0.5) is 0 Å². The number of halogens is 2. The Kier molecular flexibility index (Phi) is 11.8. The van der Waals surface area contributed by atoms with Gasteiger partial charge in [0.25, 0.3) is 0 Å². The molecule has 26 heavy (non-hydrogen) atoms. The van der Waals surface area contributed by atoms with Crippen LogP contribution < -0.4 is 0 Å². The minimum absolute atomic E-state index is 0.506. The first kappa shape index (κ1) is 26.0. The Morgan fingerprint density at radius 3 is 1.19 bits per heavy atom. The third-order valence-electron chi connectivity index (χ3n) is 6.07. The summed E-state index contributed by atoms with van der Waals surface area (Å²) in [6.45, 7) is 27.4. The van der Waals surface area contributed by atoms with Crippen molar-refractivity contribution in [1.82, 2.24) is 0 Å². The third kappa shape index (κ3) is 5.09. The first-order valence-electron chi connectivity index (χ1n) is 9.09. The Morgan fingerprint density at radius 1 is 0.769 bits per heavy atom. The standard InChI is InChI=1S/C21H29.C2H5.2ClH.Zr/c1-10-19(20-15(6)11(2)12(3)16(20)7)21-17(8)13(4)14(5)18(21)9;1-2;;;/h10,15,17H,1H2,2-9H3;1H2,2H3;2*1H;/q2*-1;;;+4/p-2. The van der Waals surface area contributed by atoms with E-state index in [0.717, 1.165) is 0 Å². The fraction of sp³-hybridized carbons (Fsp3) is 0.478. The number of hydrogen-bond donors (Lipinski definition) is 0. The zero-order valence-corrected chi connectivity index (χ0v) is 21.9. The summed E-state index contributed by atoms with van der Waals surface area (Å²) in [7, 11) is 9.87. The van der Waals surface area contributed by atoms with Crippen LogP contribution in [-0.2, 0) is 20.8 Å². The molecule has 0 aromatic heterocycles. The molecule has 0 aromatic rings. The molecule has 144 valence electrons. The molecule has 2 aliphatic carbocycles. The molecule has 0 nitrogen and oxygen atoms in total. The van der Waals surface area contributed by atoms with E-state index < -0.39 is 20.8 Å². The number of hydrogen-bond acceptors (Lipinski definition) is 0. The molecule has 0 amide bonds. The van der Waals surface area contributed by atoms with Crippen molar-refractivity contribution in [3.05, 3.63) is 70.1 Å². The van der Waals surface area contributed by atoms with Crippen molar-refractivity contribution in [3.8, 4) is 0 Å². The van der Waals surface area contributed by atoms with Crippen LogP contribution in [-0.4, -0.2) is 0 Å². The molecule has 2 atom stereocenters. The summed E-state index contributed by atoms with van der Waals surface area (Å²) in [5.41, 5.74) is 13.2. The summed E-state index contributed by atoms with van der Waals surface area (Å²) < 4.78 is 0. The molecular formula is C23H34Cl2Zr. The van der Waals surface area contributed by atoms with Crippen molar-refractivity contribution in [2.45, 2.75) is 62.3 Å². The maximum absolute atomic E-state index is 4.93. The molecule has 0 spiro atoms. The molecule has 0 N–H and O–H groups in total. The van der Waals surface area contributed by atoms with Gasteiger partial charge >= 0.3 is 37.9 Å². The predicted octanol–water partition coefficient (Wildman–Crippen LogP) is 8.57. The zero-order valence-electron chi connectivity index (χ0n) is 17.9. The average Bonchev–Trinajstić information content (AvgIpc) is 2.94. The van der Waals surface area contributed by atoms with Gasteiger partial charge in [0.05, 0.1) is 0 Å². The molecule has 0 fully saturated rings. The van der Waals surface area contributed by atoms with Gasteiger partial charge in [-0.25, -0.2) is 13.0 Å². The zero-order chi connectivity index (χ0) is 20.8. The molecule has 0 aromatic carbocycles. The van der Waals surface area contributed by atoms with Gasteiger partial charge in [-0.1, -0.05) is 36.1 Å². The predicted molar refractivity (Wildman–Crippen MR) is 117 cm³/mol. The molecule has 3 heteroatoms. The van der Waals surface area contributed by atoms with E-state index in [-0.39, 0.29) is 0 Å². The SMILES string of the molecule is [CH2-]C.[CH2-]C=C(C1=C(C)C(C)=C(C)C1C)C1=C(C)C(C)=C(C)C1C.[Cl][Zr+2][Cl]. The van der Waals surface area contributed by atoms with Crippen LogP contribution in [0.5, 0.6) is 0 Å². The molecule has 2 aliphatic rings. The monoisotopic (exact) mass is 470 g/mol. The second-order valence-corrected chi connectivity index (χ2v) is 10.6. The molecule has 0 aliphatic heterocycles. The van der Waals surface area contributed by atoms with E-state index in [9.17, 15) is 0 Å². The van der Waals surface area contributed by atoms with Crippen LogP contribution in [0.15, 0.2) is 56.2 Å². The van der Waals surface area contributed by atoms with Crippen molar-refractivity contribution in [2.24, 2.45) is 11.8 Å². The summed E-state index contributed by atoms with van der Waals surface area (Å²) in [5.74, 6) is 1.01. The quantitative estimate of drug-likeness (QED) is 0.353. The van der Waals surface area contributed by atoms with Gasteiger partial charge in [-0.05, 0) is 64.5 Å². The van der Waals surface area contributed by atoms with E-state index in [1.165, 1.54) is 50.2 Å². The average molecular weight is 473 g/mol. The van der Waals surface area contributed by atoms with Crippen LogP contribution in [0.3, 0.4) is 0 Å². The Morgan fingerprint density at radius 2 is 1.04 bits per heavy atom. The van der Waals surface area contributed by atoms with Crippen molar-refractivity contribution in [2.75, 3.05) is 0 Å². The Balaban J connectivity index is 0.00000113. The Bertz CT molecular complexity index is 618. The first-order chi connectivity index (χ1) is 12.1. The first-order valence-corrected chi connectivity index (χ1v) is 15.4. The van der Waals surface area contributed by atoms with Crippen molar-refractivity contribution in [1.29, 1.82) is 0 Å². The Labute approximate surface area is 181 Å². The molecule has 2 unspecified atom stereocenters. The molecular weight excluding hydrogens is 438 g/mol.